The highest BCUT2D eigenvalue weighted by atomic mass is 16.5. The van der Waals surface area contributed by atoms with Gasteiger partial charge in [0.05, 0.1) is 13.1 Å². The van der Waals surface area contributed by atoms with Crippen LogP contribution in [0.5, 0.6) is 0 Å². The monoisotopic (exact) mass is 314 g/mol. The minimum absolute atomic E-state index is 0.149. The van der Waals surface area contributed by atoms with Gasteiger partial charge in [0.2, 0.25) is 0 Å². The van der Waals surface area contributed by atoms with Crippen molar-refractivity contribution in [3.8, 4) is 0 Å². The Morgan fingerprint density at radius 1 is 1.30 bits per heavy atom. The summed E-state index contributed by atoms with van der Waals surface area (Å²) in [6.45, 7) is 0.641. The zero-order chi connectivity index (χ0) is 16.1. The highest BCUT2D eigenvalue weighted by molar-refractivity contribution is 5.86. The van der Waals surface area contributed by atoms with Gasteiger partial charge >= 0.3 is 12.0 Å². The van der Waals surface area contributed by atoms with Crippen LogP contribution in [0.4, 0.5) is 4.79 Å². The summed E-state index contributed by atoms with van der Waals surface area (Å²) < 4.78 is 1.65. The number of nitrogens with zero attached hydrogens (tertiary/aromatic N) is 4. The summed E-state index contributed by atoms with van der Waals surface area (Å²) >= 11 is 0. The van der Waals surface area contributed by atoms with Gasteiger partial charge in [0.1, 0.15) is 11.7 Å². The molecule has 3 heterocycles. The molecule has 2 amide bonds. The van der Waals surface area contributed by atoms with Crippen LogP contribution in [0.3, 0.4) is 0 Å². The van der Waals surface area contributed by atoms with E-state index in [0.29, 0.717) is 22.9 Å². The van der Waals surface area contributed by atoms with Crippen molar-refractivity contribution in [2.24, 2.45) is 0 Å². The zero-order valence-corrected chi connectivity index (χ0v) is 12.0. The quantitative estimate of drug-likeness (QED) is 0.830. The van der Waals surface area contributed by atoms with Gasteiger partial charge in [-0.1, -0.05) is 30.3 Å². The molecule has 2 bridgehead atoms. The summed E-state index contributed by atoms with van der Waals surface area (Å²) in [6, 6.07) is 7.22. The van der Waals surface area contributed by atoms with Crippen LogP contribution in [0.2, 0.25) is 0 Å². The molecule has 2 aromatic rings. The summed E-state index contributed by atoms with van der Waals surface area (Å²) in [7, 11) is 0. The van der Waals surface area contributed by atoms with E-state index in [1.807, 2.05) is 30.3 Å². The van der Waals surface area contributed by atoms with Gasteiger partial charge in [-0.25, -0.2) is 9.59 Å². The van der Waals surface area contributed by atoms with Crippen LogP contribution in [-0.2, 0) is 11.3 Å². The summed E-state index contributed by atoms with van der Waals surface area (Å²) in [5.41, 5.74) is 1.93. The van der Waals surface area contributed by atoms with Crippen molar-refractivity contribution in [2.75, 3.05) is 6.54 Å². The first-order valence-corrected chi connectivity index (χ1v) is 7.19. The van der Waals surface area contributed by atoms with Crippen LogP contribution in [0, 0.1) is 0 Å². The standard InChI is InChI=1S/C15H14N4O4/c20-14(21)13-12-10(11-8-18(13)15(22)19(11)23)7-17(16-12)6-9-4-2-1-3-5-9/h1-5,7,11,13,23H,6,8H2,(H,20,21)/t11-,13-/m0/s1. The molecule has 8 nitrogen and oxygen atoms in total. The number of hydrogen-bond acceptors (Lipinski definition) is 4. The third-order valence-electron chi connectivity index (χ3n) is 4.28. The Hall–Kier alpha value is -2.87. The van der Waals surface area contributed by atoms with E-state index in [1.165, 1.54) is 0 Å². The van der Waals surface area contributed by atoms with Crippen LogP contribution in [0.1, 0.15) is 28.9 Å². The normalized spacial score (nSPS) is 22.4. The maximum absolute atomic E-state index is 11.9. The number of rotatable bonds is 3. The number of aliphatic carboxylic acids is 1. The van der Waals surface area contributed by atoms with Gasteiger partial charge in [0.15, 0.2) is 6.04 Å². The Labute approximate surface area is 131 Å². The number of hydrogen-bond donors (Lipinski definition) is 2. The predicted molar refractivity (Wildman–Crippen MR) is 76.6 cm³/mol. The van der Waals surface area contributed by atoms with Crippen molar-refractivity contribution in [3.05, 3.63) is 53.3 Å². The Morgan fingerprint density at radius 2 is 2.04 bits per heavy atom. The Morgan fingerprint density at radius 3 is 2.74 bits per heavy atom. The van der Waals surface area contributed by atoms with E-state index >= 15 is 0 Å². The molecule has 0 radical (unpaired) electrons. The van der Waals surface area contributed by atoms with E-state index in [2.05, 4.69) is 5.10 Å². The van der Waals surface area contributed by atoms with Crippen molar-refractivity contribution in [2.45, 2.75) is 18.6 Å². The van der Waals surface area contributed by atoms with E-state index in [1.54, 1.807) is 10.9 Å². The van der Waals surface area contributed by atoms with Gasteiger partial charge in [0, 0.05) is 11.8 Å². The molecule has 2 aliphatic heterocycles. The highest BCUT2D eigenvalue weighted by Crippen LogP contribution is 2.42. The molecule has 1 aromatic heterocycles. The van der Waals surface area contributed by atoms with Gasteiger partial charge in [-0.2, -0.15) is 10.2 Å². The zero-order valence-electron chi connectivity index (χ0n) is 12.0. The van der Waals surface area contributed by atoms with Gasteiger partial charge in [-0.05, 0) is 5.56 Å². The van der Waals surface area contributed by atoms with E-state index in [-0.39, 0.29) is 6.54 Å². The number of carboxylic acid groups (broad SMARTS) is 1. The van der Waals surface area contributed by atoms with Crippen LogP contribution in [0.25, 0.3) is 0 Å². The first kappa shape index (κ1) is 13.8. The average Bonchev–Trinajstić information content (AvgIpc) is 3.05. The van der Waals surface area contributed by atoms with E-state index in [4.69, 9.17) is 0 Å². The molecule has 1 fully saturated rings. The fraction of sp³-hybridized carbons (Fsp3) is 0.267. The molecule has 8 heteroatoms. The number of aromatic nitrogens is 2. The number of carbonyl (C=O) groups excluding carboxylic acids is 1. The lowest BCUT2D eigenvalue weighted by atomic mass is 9.98. The number of urea groups is 1. The largest absolute Gasteiger partial charge is 0.479 e. The SMILES string of the molecule is O=C(O)[C@@H]1c2nn(Cc3ccccc3)cc2[C@@H]2CN1C(=O)N2O. The van der Waals surface area contributed by atoms with Crippen molar-refractivity contribution in [1.82, 2.24) is 19.7 Å². The number of benzene rings is 1. The number of amides is 2. The molecule has 1 saturated heterocycles. The smallest absolute Gasteiger partial charge is 0.345 e. The summed E-state index contributed by atoms with van der Waals surface area (Å²) in [5.74, 6) is -1.15. The lowest BCUT2D eigenvalue weighted by Gasteiger charge is -2.25. The predicted octanol–water partition coefficient (Wildman–Crippen LogP) is 1.24. The van der Waals surface area contributed by atoms with Crippen molar-refractivity contribution in [1.29, 1.82) is 0 Å². The number of hydroxylamine groups is 2. The van der Waals surface area contributed by atoms with Crippen molar-refractivity contribution < 1.29 is 19.9 Å². The molecular weight excluding hydrogens is 300 g/mol. The van der Waals surface area contributed by atoms with E-state index in [9.17, 15) is 19.9 Å². The maximum atomic E-state index is 11.9. The lowest BCUT2D eigenvalue weighted by Crippen LogP contribution is -2.38. The lowest BCUT2D eigenvalue weighted by molar-refractivity contribution is -0.142. The summed E-state index contributed by atoms with van der Waals surface area (Å²) in [5, 5.41) is 24.3. The molecule has 2 aliphatic rings. The fourth-order valence-electron chi connectivity index (χ4n) is 3.22. The first-order valence-electron chi connectivity index (χ1n) is 7.19. The van der Waals surface area contributed by atoms with Gasteiger partial charge in [0.25, 0.3) is 0 Å². The topological polar surface area (TPSA) is 98.9 Å². The molecule has 0 spiro atoms. The van der Waals surface area contributed by atoms with Gasteiger partial charge < -0.3 is 10.0 Å². The molecule has 1 aromatic carbocycles. The number of carbonyl (C=O) groups is 2. The van der Waals surface area contributed by atoms with E-state index < -0.39 is 24.1 Å². The van der Waals surface area contributed by atoms with Crippen LogP contribution in [-0.4, -0.2) is 48.6 Å². The van der Waals surface area contributed by atoms with Crippen molar-refractivity contribution in [3.63, 3.8) is 0 Å². The third kappa shape index (κ3) is 1.99. The van der Waals surface area contributed by atoms with Gasteiger partial charge in [-0.15, -0.1) is 0 Å². The minimum atomic E-state index is -1.16. The second kappa shape index (κ2) is 4.82. The van der Waals surface area contributed by atoms with Crippen LogP contribution < -0.4 is 0 Å². The number of fused-ring (bicyclic) bond motifs is 4. The molecular formula is C15H14N4O4. The molecule has 0 unspecified atom stereocenters. The molecule has 0 aliphatic carbocycles. The summed E-state index contributed by atoms with van der Waals surface area (Å²) in [4.78, 5) is 24.7. The summed E-state index contributed by atoms with van der Waals surface area (Å²) in [6.07, 6.45) is 1.71. The molecule has 0 saturated carbocycles. The van der Waals surface area contributed by atoms with Gasteiger partial charge in [-0.3, -0.25) is 9.89 Å². The Kier molecular flexibility index (Phi) is 2.88. The Bertz CT molecular complexity index is 788. The molecule has 23 heavy (non-hydrogen) atoms. The second-order valence-electron chi connectivity index (χ2n) is 5.69. The van der Waals surface area contributed by atoms with Crippen LogP contribution in [0.15, 0.2) is 36.5 Å². The molecule has 4 rings (SSSR count). The maximum Gasteiger partial charge on any atom is 0.345 e. The van der Waals surface area contributed by atoms with Crippen molar-refractivity contribution >= 4 is 12.0 Å². The minimum Gasteiger partial charge on any atom is -0.479 e. The van der Waals surface area contributed by atoms with Crippen LogP contribution >= 0.6 is 0 Å². The molecule has 2 atom stereocenters. The molecule has 2 N–H and O–H groups in total. The fourth-order valence-corrected chi connectivity index (χ4v) is 3.22. The van der Waals surface area contributed by atoms with E-state index in [0.717, 1.165) is 10.5 Å². The number of carboxylic acids is 1. The third-order valence-corrected chi connectivity index (χ3v) is 4.28. The highest BCUT2D eigenvalue weighted by Gasteiger charge is 2.51. The second-order valence-corrected chi connectivity index (χ2v) is 5.69. The molecule has 118 valence electrons. The Balaban J connectivity index is 1.75. The average molecular weight is 314 g/mol. The first-order chi connectivity index (χ1) is 11.1.